The molecule has 1 atom stereocenters. The van der Waals surface area contributed by atoms with Gasteiger partial charge in [0.1, 0.15) is 11.8 Å². The zero-order chi connectivity index (χ0) is 12.0. The van der Waals surface area contributed by atoms with Crippen LogP contribution in [0.3, 0.4) is 0 Å². The molecule has 0 aliphatic carbocycles. The van der Waals surface area contributed by atoms with Crippen LogP contribution in [0, 0.1) is 28.6 Å². The maximum Gasteiger partial charge on any atom is 0.269 e. The van der Waals surface area contributed by atoms with Gasteiger partial charge in [0.05, 0.1) is 17.6 Å². The van der Waals surface area contributed by atoms with Gasteiger partial charge in [0.2, 0.25) is 0 Å². The second-order valence-electron chi connectivity index (χ2n) is 3.28. The van der Waals surface area contributed by atoms with Crippen molar-refractivity contribution in [1.29, 1.82) is 10.5 Å². The normalized spacial score (nSPS) is 10.9. The molecule has 1 aromatic rings. The van der Waals surface area contributed by atoms with E-state index in [0.717, 1.165) is 0 Å². The minimum atomic E-state index is -0.341. The zero-order valence-electron chi connectivity index (χ0n) is 8.77. The Morgan fingerprint density at radius 2 is 2.31 bits per heavy atom. The summed E-state index contributed by atoms with van der Waals surface area (Å²) in [5.74, 6) is -0.575. The van der Waals surface area contributed by atoms with Gasteiger partial charge in [0.15, 0.2) is 0 Å². The Kier molecular flexibility index (Phi) is 3.99. The summed E-state index contributed by atoms with van der Waals surface area (Å²) >= 11 is 0. The monoisotopic (exact) mass is 214 g/mol. The standard InChI is InChI=1S/C11H10N4O/c1-8(4-12)6-15-11(16)10-3-2-9(5-13)7-14-10/h2-3,7-8H,6H2,1H3,(H,15,16). The number of hydrogen-bond acceptors (Lipinski definition) is 4. The predicted molar refractivity (Wildman–Crippen MR) is 56.1 cm³/mol. The van der Waals surface area contributed by atoms with Crippen LogP contribution in [0.15, 0.2) is 18.3 Å². The summed E-state index contributed by atoms with van der Waals surface area (Å²) in [6.07, 6.45) is 1.34. The van der Waals surface area contributed by atoms with E-state index >= 15 is 0 Å². The highest BCUT2D eigenvalue weighted by Gasteiger charge is 2.08. The molecule has 0 bridgehead atoms. The number of nitriles is 2. The Balaban J connectivity index is 2.61. The largest absolute Gasteiger partial charge is 0.349 e. The predicted octanol–water partition coefficient (Wildman–Crippen LogP) is 0.843. The fraction of sp³-hybridized carbons (Fsp3) is 0.273. The first-order chi connectivity index (χ1) is 7.67. The smallest absolute Gasteiger partial charge is 0.269 e. The van der Waals surface area contributed by atoms with Crippen molar-refractivity contribution < 1.29 is 4.79 Å². The van der Waals surface area contributed by atoms with Crippen molar-refractivity contribution in [3.8, 4) is 12.1 Å². The average Bonchev–Trinajstić information content (AvgIpc) is 2.35. The van der Waals surface area contributed by atoms with Crippen LogP contribution in [-0.4, -0.2) is 17.4 Å². The summed E-state index contributed by atoms with van der Waals surface area (Å²) in [5, 5.41) is 19.7. The summed E-state index contributed by atoms with van der Waals surface area (Å²) in [6, 6.07) is 6.93. The van der Waals surface area contributed by atoms with E-state index in [-0.39, 0.29) is 24.1 Å². The third-order valence-corrected chi connectivity index (χ3v) is 1.91. The molecule has 1 N–H and O–H groups in total. The van der Waals surface area contributed by atoms with E-state index in [9.17, 15) is 4.79 Å². The first kappa shape index (κ1) is 11.7. The molecule has 5 nitrogen and oxygen atoms in total. The molecular formula is C11H10N4O. The highest BCUT2D eigenvalue weighted by atomic mass is 16.1. The Hall–Kier alpha value is -2.40. The van der Waals surface area contributed by atoms with Crippen molar-refractivity contribution >= 4 is 5.91 Å². The van der Waals surface area contributed by atoms with E-state index in [1.54, 1.807) is 6.92 Å². The van der Waals surface area contributed by atoms with Gasteiger partial charge in [-0.1, -0.05) is 0 Å². The number of nitrogens with one attached hydrogen (secondary N) is 1. The molecule has 16 heavy (non-hydrogen) atoms. The minimum absolute atomic E-state index is 0.234. The number of rotatable bonds is 3. The summed E-state index contributed by atoms with van der Waals surface area (Å²) < 4.78 is 0. The lowest BCUT2D eigenvalue weighted by Gasteiger charge is -2.05. The molecule has 1 unspecified atom stereocenters. The summed E-state index contributed by atoms with van der Waals surface area (Å²) in [7, 11) is 0. The molecule has 1 amide bonds. The quantitative estimate of drug-likeness (QED) is 0.807. The fourth-order valence-electron chi connectivity index (χ4n) is 0.976. The minimum Gasteiger partial charge on any atom is -0.349 e. The van der Waals surface area contributed by atoms with Crippen molar-refractivity contribution in [2.75, 3.05) is 6.54 Å². The van der Waals surface area contributed by atoms with Crippen molar-refractivity contribution in [1.82, 2.24) is 10.3 Å². The van der Waals surface area contributed by atoms with Crippen LogP contribution in [0.4, 0.5) is 0 Å². The molecule has 0 aromatic carbocycles. The molecule has 0 spiro atoms. The van der Waals surface area contributed by atoms with Crippen LogP contribution in [0.25, 0.3) is 0 Å². The first-order valence-corrected chi connectivity index (χ1v) is 4.71. The number of pyridine rings is 1. The molecule has 0 aliphatic heterocycles. The molecule has 0 radical (unpaired) electrons. The summed E-state index contributed by atoms with van der Waals surface area (Å²) in [4.78, 5) is 15.3. The Labute approximate surface area is 93.3 Å². The fourth-order valence-corrected chi connectivity index (χ4v) is 0.976. The van der Waals surface area contributed by atoms with Gasteiger partial charge in [0, 0.05) is 12.7 Å². The number of carbonyl (C=O) groups is 1. The van der Waals surface area contributed by atoms with E-state index < -0.39 is 0 Å². The Morgan fingerprint density at radius 3 is 2.81 bits per heavy atom. The number of nitrogens with zero attached hydrogens (tertiary/aromatic N) is 3. The van der Waals surface area contributed by atoms with Gasteiger partial charge < -0.3 is 5.32 Å². The van der Waals surface area contributed by atoms with Crippen LogP contribution >= 0.6 is 0 Å². The van der Waals surface area contributed by atoms with Crippen LogP contribution in [0.2, 0.25) is 0 Å². The Bertz CT molecular complexity index is 452. The topological polar surface area (TPSA) is 89.6 Å². The summed E-state index contributed by atoms with van der Waals surface area (Å²) in [5.41, 5.74) is 0.645. The van der Waals surface area contributed by atoms with Gasteiger partial charge in [0.25, 0.3) is 5.91 Å². The van der Waals surface area contributed by atoms with Crippen LogP contribution in [-0.2, 0) is 0 Å². The molecule has 0 fully saturated rings. The molecule has 1 heterocycles. The molecule has 1 aromatic heterocycles. The molecule has 5 heteroatoms. The van der Waals surface area contributed by atoms with E-state index in [1.807, 2.05) is 12.1 Å². The highest BCUT2D eigenvalue weighted by Crippen LogP contribution is 1.99. The lowest BCUT2D eigenvalue weighted by atomic mass is 10.2. The van der Waals surface area contributed by atoms with Gasteiger partial charge in [-0.3, -0.25) is 4.79 Å². The van der Waals surface area contributed by atoms with Gasteiger partial charge in [-0.2, -0.15) is 10.5 Å². The van der Waals surface area contributed by atoms with Crippen LogP contribution in [0.1, 0.15) is 23.0 Å². The lowest BCUT2D eigenvalue weighted by Crippen LogP contribution is -2.28. The van der Waals surface area contributed by atoms with Crippen LogP contribution in [0.5, 0.6) is 0 Å². The van der Waals surface area contributed by atoms with Gasteiger partial charge in [-0.15, -0.1) is 0 Å². The maximum absolute atomic E-state index is 11.5. The summed E-state index contributed by atoms with van der Waals surface area (Å²) in [6.45, 7) is 2.00. The third-order valence-electron chi connectivity index (χ3n) is 1.91. The van der Waals surface area contributed by atoms with Crippen molar-refractivity contribution in [3.63, 3.8) is 0 Å². The zero-order valence-corrected chi connectivity index (χ0v) is 8.77. The highest BCUT2D eigenvalue weighted by molar-refractivity contribution is 5.92. The number of hydrogen-bond donors (Lipinski definition) is 1. The molecule has 0 aliphatic rings. The third kappa shape index (κ3) is 3.07. The maximum atomic E-state index is 11.5. The molecule has 80 valence electrons. The molecular weight excluding hydrogens is 204 g/mol. The number of carbonyl (C=O) groups excluding carboxylic acids is 1. The van der Waals surface area contributed by atoms with E-state index in [4.69, 9.17) is 10.5 Å². The van der Waals surface area contributed by atoms with Crippen molar-refractivity contribution in [2.24, 2.45) is 5.92 Å². The average molecular weight is 214 g/mol. The molecule has 1 rings (SSSR count). The van der Waals surface area contributed by atoms with Crippen LogP contribution < -0.4 is 5.32 Å². The van der Waals surface area contributed by atoms with Crippen molar-refractivity contribution in [3.05, 3.63) is 29.6 Å². The van der Waals surface area contributed by atoms with Gasteiger partial charge in [-0.25, -0.2) is 4.98 Å². The molecule has 0 saturated carbocycles. The lowest BCUT2D eigenvalue weighted by molar-refractivity contribution is 0.0946. The van der Waals surface area contributed by atoms with E-state index in [0.29, 0.717) is 5.56 Å². The van der Waals surface area contributed by atoms with E-state index in [2.05, 4.69) is 10.3 Å². The SMILES string of the molecule is CC(C#N)CNC(=O)c1ccc(C#N)cn1. The second kappa shape index (κ2) is 5.47. The number of aromatic nitrogens is 1. The van der Waals surface area contributed by atoms with E-state index in [1.165, 1.54) is 18.3 Å². The first-order valence-electron chi connectivity index (χ1n) is 4.71. The molecule has 0 saturated heterocycles. The second-order valence-corrected chi connectivity index (χ2v) is 3.28. The van der Waals surface area contributed by atoms with Gasteiger partial charge in [-0.05, 0) is 19.1 Å². The Morgan fingerprint density at radius 1 is 1.56 bits per heavy atom. The van der Waals surface area contributed by atoms with Crippen molar-refractivity contribution in [2.45, 2.75) is 6.92 Å². The number of amides is 1. The van der Waals surface area contributed by atoms with Gasteiger partial charge >= 0.3 is 0 Å².